The Morgan fingerprint density at radius 3 is 2.60 bits per heavy atom. The molecule has 0 atom stereocenters. The van der Waals surface area contributed by atoms with E-state index in [-0.39, 0.29) is 5.78 Å². The second kappa shape index (κ2) is 7.19. The summed E-state index contributed by atoms with van der Waals surface area (Å²) in [6, 6.07) is 16.2. The summed E-state index contributed by atoms with van der Waals surface area (Å²) in [6.07, 6.45) is 1.48. The van der Waals surface area contributed by atoms with Gasteiger partial charge in [-0.1, -0.05) is 18.2 Å². The van der Waals surface area contributed by atoms with Crippen LogP contribution in [0.1, 0.15) is 22.8 Å². The predicted molar refractivity (Wildman–Crippen MR) is 94.0 cm³/mol. The first kappa shape index (κ1) is 16.1. The Hall–Kier alpha value is -3.79. The summed E-state index contributed by atoms with van der Waals surface area (Å²) in [7, 11) is 0. The minimum atomic E-state index is -0.0181. The van der Waals surface area contributed by atoms with Crippen molar-refractivity contribution in [3.05, 3.63) is 65.9 Å². The van der Waals surface area contributed by atoms with Crippen LogP contribution in [-0.4, -0.2) is 21.0 Å². The molecule has 0 aliphatic heterocycles. The Bertz CT molecular complexity index is 964. The van der Waals surface area contributed by atoms with E-state index in [2.05, 4.69) is 31.9 Å². The number of nitriles is 1. The Balaban J connectivity index is 1.78. The molecule has 1 aromatic heterocycles. The van der Waals surface area contributed by atoms with Gasteiger partial charge in [-0.2, -0.15) is 15.3 Å². The number of Topliss-reactive ketones (excluding diaryl/α,β-unsaturated/α-hetero) is 1. The van der Waals surface area contributed by atoms with Crippen molar-refractivity contribution >= 4 is 28.9 Å². The van der Waals surface area contributed by atoms with Gasteiger partial charge in [0.25, 0.3) is 0 Å². The van der Waals surface area contributed by atoms with Crippen LogP contribution in [0.3, 0.4) is 0 Å². The second-order valence-electron chi connectivity index (χ2n) is 5.24. The molecule has 0 aliphatic rings. The summed E-state index contributed by atoms with van der Waals surface area (Å²) in [5, 5.41) is 22.9. The molecule has 0 amide bonds. The number of carbonyl (C=O) groups is 1. The van der Waals surface area contributed by atoms with Gasteiger partial charge in [-0.15, -0.1) is 5.10 Å². The molecule has 0 aliphatic carbocycles. The number of nitrogens with zero attached hydrogens (tertiary/aromatic N) is 4. The lowest BCUT2D eigenvalue weighted by atomic mass is 10.1. The number of hydrogen-bond acceptors (Lipinski definition) is 7. The molecule has 0 unspecified atom stereocenters. The van der Waals surface area contributed by atoms with E-state index in [1.165, 1.54) is 13.1 Å². The van der Waals surface area contributed by atoms with Crippen LogP contribution >= 0.6 is 0 Å². The number of rotatable bonds is 5. The molecule has 0 saturated heterocycles. The molecule has 25 heavy (non-hydrogen) atoms. The highest BCUT2D eigenvalue weighted by molar-refractivity contribution is 5.95. The third-order valence-corrected chi connectivity index (χ3v) is 3.35. The first-order valence-electron chi connectivity index (χ1n) is 7.49. The van der Waals surface area contributed by atoms with Crippen LogP contribution in [-0.2, 0) is 0 Å². The zero-order valence-corrected chi connectivity index (χ0v) is 13.4. The molecule has 7 heteroatoms. The molecule has 0 spiro atoms. The number of aromatic nitrogens is 3. The number of benzene rings is 2. The maximum Gasteiger partial charge on any atom is 0.249 e. The Kier molecular flexibility index (Phi) is 4.62. The van der Waals surface area contributed by atoms with Gasteiger partial charge in [-0.05, 0) is 37.3 Å². The van der Waals surface area contributed by atoms with E-state index in [4.69, 9.17) is 5.26 Å². The summed E-state index contributed by atoms with van der Waals surface area (Å²) < 4.78 is 0. The Morgan fingerprint density at radius 2 is 1.84 bits per heavy atom. The smallest absolute Gasteiger partial charge is 0.249 e. The predicted octanol–water partition coefficient (Wildman–Crippen LogP) is 3.43. The van der Waals surface area contributed by atoms with E-state index in [9.17, 15) is 4.79 Å². The summed E-state index contributed by atoms with van der Waals surface area (Å²) in [4.78, 5) is 15.8. The molecular weight excluding hydrogens is 316 g/mol. The summed E-state index contributed by atoms with van der Waals surface area (Å²) in [6.45, 7) is 1.51. The van der Waals surface area contributed by atoms with Crippen LogP contribution in [0.15, 0.2) is 54.7 Å². The molecule has 122 valence electrons. The molecule has 3 rings (SSSR count). The Labute approximate surface area is 144 Å². The lowest BCUT2D eigenvalue weighted by Gasteiger charge is -2.08. The minimum absolute atomic E-state index is 0.0181. The lowest BCUT2D eigenvalue weighted by Crippen LogP contribution is -2.03. The van der Waals surface area contributed by atoms with Crippen molar-refractivity contribution in [2.75, 3.05) is 10.6 Å². The van der Waals surface area contributed by atoms with Crippen molar-refractivity contribution < 1.29 is 4.79 Å². The van der Waals surface area contributed by atoms with Gasteiger partial charge in [-0.3, -0.25) is 4.79 Å². The highest BCUT2D eigenvalue weighted by Crippen LogP contribution is 2.18. The fourth-order valence-electron chi connectivity index (χ4n) is 2.18. The third kappa shape index (κ3) is 4.14. The van der Waals surface area contributed by atoms with Crippen molar-refractivity contribution in [1.29, 1.82) is 5.26 Å². The lowest BCUT2D eigenvalue weighted by molar-refractivity contribution is 0.101. The second-order valence-corrected chi connectivity index (χ2v) is 5.24. The summed E-state index contributed by atoms with van der Waals surface area (Å²) >= 11 is 0. The van der Waals surface area contributed by atoms with E-state index in [1.807, 2.05) is 12.1 Å². The SMILES string of the molecule is CC(=O)c1cccc(Nc2nncc(Nc3cccc(C#N)c3)n2)c1. The van der Waals surface area contributed by atoms with Gasteiger partial charge in [0.2, 0.25) is 5.95 Å². The van der Waals surface area contributed by atoms with Gasteiger partial charge in [0, 0.05) is 16.9 Å². The maximum absolute atomic E-state index is 11.5. The van der Waals surface area contributed by atoms with Gasteiger partial charge in [-0.25, -0.2) is 0 Å². The van der Waals surface area contributed by atoms with E-state index >= 15 is 0 Å². The van der Waals surface area contributed by atoms with Crippen LogP contribution in [0, 0.1) is 11.3 Å². The van der Waals surface area contributed by atoms with Crippen molar-refractivity contribution in [2.24, 2.45) is 0 Å². The van der Waals surface area contributed by atoms with Crippen LogP contribution in [0.25, 0.3) is 0 Å². The van der Waals surface area contributed by atoms with Gasteiger partial charge < -0.3 is 10.6 Å². The zero-order valence-electron chi connectivity index (χ0n) is 13.4. The third-order valence-electron chi connectivity index (χ3n) is 3.35. The van der Waals surface area contributed by atoms with Gasteiger partial charge >= 0.3 is 0 Å². The standard InChI is InChI=1S/C18H14N6O/c1-12(25)14-5-3-7-16(9-14)22-18-23-17(11-20-24-18)21-15-6-2-4-13(8-15)10-19/h2-9,11H,1H3,(H2,21,22,23,24). The van der Waals surface area contributed by atoms with Crippen molar-refractivity contribution in [3.63, 3.8) is 0 Å². The summed E-state index contributed by atoms with van der Waals surface area (Å²) in [5.74, 6) is 0.757. The van der Waals surface area contributed by atoms with Gasteiger partial charge in [0.05, 0.1) is 17.8 Å². The summed E-state index contributed by atoms with van der Waals surface area (Å²) in [5.41, 5.74) is 2.56. The maximum atomic E-state index is 11.5. The largest absolute Gasteiger partial charge is 0.339 e. The normalized spacial score (nSPS) is 9.92. The molecule has 0 radical (unpaired) electrons. The van der Waals surface area contributed by atoms with Crippen molar-refractivity contribution in [3.8, 4) is 6.07 Å². The highest BCUT2D eigenvalue weighted by Gasteiger charge is 2.05. The van der Waals surface area contributed by atoms with Gasteiger partial charge in [0.15, 0.2) is 11.6 Å². The average molecular weight is 330 g/mol. The van der Waals surface area contributed by atoms with Crippen LogP contribution < -0.4 is 10.6 Å². The number of nitrogens with one attached hydrogen (secondary N) is 2. The fraction of sp³-hybridized carbons (Fsp3) is 0.0556. The molecule has 0 fully saturated rings. The van der Waals surface area contributed by atoms with Crippen molar-refractivity contribution in [1.82, 2.24) is 15.2 Å². The minimum Gasteiger partial charge on any atom is -0.339 e. The number of anilines is 4. The number of hydrogen-bond donors (Lipinski definition) is 2. The molecule has 3 aromatic rings. The topological polar surface area (TPSA) is 104 Å². The first-order valence-corrected chi connectivity index (χ1v) is 7.49. The van der Waals surface area contributed by atoms with E-state index < -0.39 is 0 Å². The van der Waals surface area contributed by atoms with E-state index in [0.29, 0.717) is 28.6 Å². The molecule has 0 bridgehead atoms. The number of ketones is 1. The molecule has 7 nitrogen and oxygen atoms in total. The quantitative estimate of drug-likeness (QED) is 0.691. The molecule has 0 saturated carbocycles. The Morgan fingerprint density at radius 1 is 1.08 bits per heavy atom. The van der Waals surface area contributed by atoms with Crippen LogP contribution in [0.4, 0.5) is 23.1 Å². The van der Waals surface area contributed by atoms with Crippen molar-refractivity contribution in [2.45, 2.75) is 6.92 Å². The van der Waals surface area contributed by atoms with E-state index in [1.54, 1.807) is 36.4 Å². The number of carbonyl (C=O) groups excluding carboxylic acids is 1. The molecule has 2 aromatic carbocycles. The molecule has 1 heterocycles. The van der Waals surface area contributed by atoms with E-state index in [0.717, 1.165) is 5.69 Å². The molecular formula is C18H14N6O. The fourth-order valence-corrected chi connectivity index (χ4v) is 2.18. The van der Waals surface area contributed by atoms with Crippen LogP contribution in [0.2, 0.25) is 0 Å². The highest BCUT2D eigenvalue weighted by atomic mass is 16.1. The first-order chi connectivity index (χ1) is 12.1. The average Bonchev–Trinajstić information content (AvgIpc) is 2.62. The van der Waals surface area contributed by atoms with Gasteiger partial charge in [0.1, 0.15) is 0 Å². The monoisotopic (exact) mass is 330 g/mol. The molecule has 2 N–H and O–H groups in total. The van der Waals surface area contributed by atoms with Crippen LogP contribution in [0.5, 0.6) is 0 Å². The zero-order chi connectivity index (χ0) is 17.6.